The fourth-order valence-electron chi connectivity index (χ4n) is 2.84. The van der Waals surface area contributed by atoms with Crippen molar-refractivity contribution in [3.05, 3.63) is 71.0 Å². The Morgan fingerprint density at radius 2 is 1.76 bits per heavy atom. The number of sulfonamides is 1. The van der Waals surface area contributed by atoms with E-state index in [0.717, 1.165) is 21.1 Å². The van der Waals surface area contributed by atoms with E-state index in [2.05, 4.69) is 4.98 Å². The summed E-state index contributed by atoms with van der Waals surface area (Å²) in [5.41, 5.74) is 2.00. The summed E-state index contributed by atoms with van der Waals surface area (Å²) in [5.74, 6) is -0.449. The predicted octanol–water partition coefficient (Wildman–Crippen LogP) is 3.70. The molecule has 4 rings (SSSR count). The maximum atomic E-state index is 13.1. The van der Waals surface area contributed by atoms with Crippen LogP contribution < -0.4 is 0 Å². The molecular formula is C18H15FN2O2S2. The van der Waals surface area contributed by atoms with Crippen LogP contribution in [0.15, 0.2) is 59.5 Å². The average molecular weight is 374 g/mol. The van der Waals surface area contributed by atoms with Crippen molar-refractivity contribution in [3.8, 4) is 10.6 Å². The van der Waals surface area contributed by atoms with E-state index in [9.17, 15) is 12.8 Å². The molecule has 7 heteroatoms. The highest BCUT2D eigenvalue weighted by molar-refractivity contribution is 7.89. The molecule has 0 atom stereocenters. The molecule has 0 amide bonds. The van der Waals surface area contributed by atoms with E-state index >= 15 is 0 Å². The Morgan fingerprint density at radius 1 is 1.04 bits per heavy atom. The number of hydrogen-bond acceptors (Lipinski definition) is 4. The van der Waals surface area contributed by atoms with Crippen molar-refractivity contribution >= 4 is 21.4 Å². The molecule has 1 aliphatic rings. The van der Waals surface area contributed by atoms with E-state index in [1.807, 2.05) is 30.3 Å². The third kappa shape index (κ3) is 3.10. The van der Waals surface area contributed by atoms with Crippen molar-refractivity contribution in [1.29, 1.82) is 0 Å². The van der Waals surface area contributed by atoms with Crippen LogP contribution in [0, 0.1) is 5.82 Å². The van der Waals surface area contributed by atoms with Crippen LogP contribution in [0.1, 0.15) is 10.6 Å². The monoisotopic (exact) mass is 374 g/mol. The van der Waals surface area contributed by atoms with Gasteiger partial charge in [-0.25, -0.2) is 17.8 Å². The minimum absolute atomic E-state index is 0.116. The fraction of sp³-hybridized carbons (Fsp3) is 0.167. The Kier molecular flexibility index (Phi) is 4.15. The summed E-state index contributed by atoms with van der Waals surface area (Å²) in [4.78, 5) is 5.75. The zero-order valence-corrected chi connectivity index (χ0v) is 14.9. The third-order valence-corrected chi connectivity index (χ3v) is 7.16. The van der Waals surface area contributed by atoms with Crippen LogP contribution in [0.3, 0.4) is 0 Å². The first-order valence-electron chi connectivity index (χ1n) is 7.84. The van der Waals surface area contributed by atoms with Gasteiger partial charge in [0.05, 0.1) is 17.1 Å². The molecule has 0 spiro atoms. The van der Waals surface area contributed by atoms with Gasteiger partial charge in [-0.3, -0.25) is 0 Å². The van der Waals surface area contributed by atoms with Gasteiger partial charge in [-0.1, -0.05) is 30.3 Å². The molecule has 0 aliphatic carbocycles. The molecule has 25 heavy (non-hydrogen) atoms. The van der Waals surface area contributed by atoms with E-state index in [-0.39, 0.29) is 4.90 Å². The highest BCUT2D eigenvalue weighted by Crippen LogP contribution is 2.33. The van der Waals surface area contributed by atoms with Gasteiger partial charge < -0.3 is 0 Å². The molecule has 0 bridgehead atoms. The molecule has 0 saturated carbocycles. The second-order valence-electron chi connectivity index (χ2n) is 5.80. The number of fused-ring (bicyclic) bond motifs is 1. The van der Waals surface area contributed by atoms with Crippen LogP contribution in [-0.4, -0.2) is 24.3 Å². The second-order valence-corrected chi connectivity index (χ2v) is 8.82. The molecule has 128 valence electrons. The maximum Gasteiger partial charge on any atom is 0.243 e. The van der Waals surface area contributed by atoms with Gasteiger partial charge >= 0.3 is 0 Å². The molecule has 0 fully saturated rings. The van der Waals surface area contributed by atoms with Gasteiger partial charge in [0.25, 0.3) is 0 Å². The van der Waals surface area contributed by atoms with E-state index in [1.54, 1.807) is 0 Å². The minimum Gasteiger partial charge on any atom is -0.241 e. The lowest BCUT2D eigenvalue weighted by molar-refractivity contribution is 0.393. The summed E-state index contributed by atoms with van der Waals surface area (Å²) in [6.07, 6.45) is 0.582. The topological polar surface area (TPSA) is 50.3 Å². The average Bonchev–Trinajstić information content (AvgIpc) is 3.06. The van der Waals surface area contributed by atoms with Crippen molar-refractivity contribution in [2.75, 3.05) is 6.54 Å². The number of benzene rings is 2. The maximum absolute atomic E-state index is 13.1. The first kappa shape index (κ1) is 16.4. The Bertz CT molecular complexity index is 999. The predicted molar refractivity (Wildman–Crippen MR) is 95.2 cm³/mol. The van der Waals surface area contributed by atoms with Gasteiger partial charge in [0.15, 0.2) is 0 Å². The number of rotatable bonds is 3. The number of nitrogens with zero attached hydrogens (tertiary/aromatic N) is 2. The third-order valence-electron chi connectivity index (χ3n) is 4.17. The molecular weight excluding hydrogens is 359 g/mol. The first-order chi connectivity index (χ1) is 12.0. The van der Waals surface area contributed by atoms with E-state index in [4.69, 9.17) is 0 Å². The highest BCUT2D eigenvalue weighted by Gasteiger charge is 2.30. The van der Waals surface area contributed by atoms with Crippen molar-refractivity contribution in [2.45, 2.75) is 17.9 Å². The highest BCUT2D eigenvalue weighted by atomic mass is 32.2. The number of halogens is 1. The van der Waals surface area contributed by atoms with Crippen LogP contribution >= 0.6 is 11.3 Å². The molecule has 1 aliphatic heterocycles. The Hall–Kier alpha value is -2.09. The van der Waals surface area contributed by atoms with E-state index in [1.165, 1.54) is 39.9 Å². The van der Waals surface area contributed by atoms with E-state index in [0.29, 0.717) is 19.5 Å². The zero-order chi connectivity index (χ0) is 17.4. The van der Waals surface area contributed by atoms with Crippen molar-refractivity contribution < 1.29 is 12.8 Å². The van der Waals surface area contributed by atoms with Crippen LogP contribution in [0.25, 0.3) is 10.6 Å². The summed E-state index contributed by atoms with van der Waals surface area (Å²) in [7, 11) is -3.63. The molecule has 4 nitrogen and oxygen atoms in total. The quantitative estimate of drug-likeness (QED) is 0.702. The normalized spacial score (nSPS) is 15.1. The molecule has 2 heterocycles. The largest absolute Gasteiger partial charge is 0.243 e. The van der Waals surface area contributed by atoms with Gasteiger partial charge in [0.1, 0.15) is 10.8 Å². The Morgan fingerprint density at radius 3 is 2.48 bits per heavy atom. The van der Waals surface area contributed by atoms with Gasteiger partial charge in [-0.15, -0.1) is 11.3 Å². The first-order valence-corrected chi connectivity index (χ1v) is 10.1. The van der Waals surface area contributed by atoms with Crippen LogP contribution in [-0.2, 0) is 23.0 Å². The Labute approximate surface area is 149 Å². The summed E-state index contributed by atoms with van der Waals surface area (Å²) >= 11 is 1.53. The lowest BCUT2D eigenvalue weighted by Crippen LogP contribution is -2.35. The van der Waals surface area contributed by atoms with E-state index < -0.39 is 15.8 Å². The second kappa shape index (κ2) is 6.33. The Balaban J connectivity index is 1.63. The standard InChI is InChI=1S/C18H15FN2O2S2/c19-14-6-8-15(9-7-14)25(22,23)21-11-10-16-17(12-21)24-18(20-16)13-4-2-1-3-5-13/h1-9H,10-12H2. The lowest BCUT2D eigenvalue weighted by atomic mass is 10.2. The molecule has 2 aromatic carbocycles. The summed E-state index contributed by atoms with van der Waals surface area (Å²) in [5, 5.41) is 0.909. The van der Waals surface area contributed by atoms with Gasteiger partial charge in [-0.2, -0.15) is 4.31 Å². The molecule has 0 saturated heterocycles. The van der Waals surface area contributed by atoms with Crippen LogP contribution in [0.4, 0.5) is 4.39 Å². The van der Waals surface area contributed by atoms with Crippen molar-refractivity contribution in [1.82, 2.24) is 9.29 Å². The van der Waals surface area contributed by atoms with Crippen molar-refractivity contribution in [3.63, 3.8) is 0 Å². The molecule has 0 N–H and O–H groups in total. The van der Waals surface area contributed by atoms with Crippen LogP contribution in [0.5, 0.6) is 0 Å². The number of aromatic nitrogens is 1. The van der Waals surface area contributed by atoms with Gasteiger partial charge in [0, 0.05) is 23.4 Å². The number of hydrogen-bond donors (Lipinski definition) is 0. The molecule has 0 unspecified atom stereocenters. The summed E-state index contributed by atoms with van der Waals surface area (Å²) < 4.78 is 40.0. The van der Waals surface area contributed by atoms with Gasteiger partial charge in [-0.05, 0) is 24.3 Å². The van der Waals surface area contributed by atoms with Gasteiger partial charge in [0.2, 0.25) is 10.0 Å². The minimum atomic E-state index is -3.63. The van der Waals surface area contributed by atoms with Crippen molar-refractivity contribution in [2.24, 2.45) is 0 Å². The summed E-state index contributed by atoms with van der Waals surface area (Å²) in [6, 6.07) is 14.8. The SMILES string of the molecule is O=S(=O)(c1ccc(F)cc1)N1CCc2nc(-c3ccccc3)sc2C1. The summed E-state index contributed by atoms with van der Waals surface area (Å²) in [6.45, 7) is 0.685. The smallest absolute Gasteiger partial charge is 0.241 e. The zero-order valence-electron chi connectivity index (χ0n) is 13.2. The number of thiazole rings is 1. The van der Waals surface area contributed by atoms with Crippen LogP contribution in [0.2, 0.25) is 0 Å². The molecule has 3 aromatic rings. The molecule has 0 radical (unpaired) electrons. The fourth-order valence-corrected chi connectivity index (χ4v) is 5.46. The molecule has 1 aromatic heterocycles. The lowest BCUT2D eigenvalue weighted by Gasteiger charge is -2.25.